The Morgan fingerprint density at radius 3 is 2.66 bits per heavy atom. The highest BCUT2D eigenvalue weighted by Crippen LogP contribution is 2.30. The third-order valence-electron chi connectivity index (χ3n) is 4.18. The second kappa shape index (κ2) is 8.64. The van der Waals surface area contributed by atoms with Gasteiger partial charge in [-0.25, -0.2) is 5.43 Å². The monoisotopic (exact) mass is 401 g/mol. The van der Waals surface area contributed by atoms with Crippen LogP contribution in [0.5, 0.6) is 5.75 Å². The summed E-state index contributed by atoms with van der Waals surface area (Å²) in [5.74, 6) is 0.0988. The van der Waals surface area contributed by atoms with Crippen LogP contribution < -0.4 is 15.5 Å². The normalized spacial score (nSPS) is 11.6. The molecule has 3 aromatic carbocycles. The maximum Gasteiger partial charge on any atom is 0.416 e. The first-order valence-electron chi connectivity index (χ1n) is 8.67. The Kier molecular flexibility index (Phi) is 6.01. The van der Waals surface area contributed by atoms with Crippen molar-refractivity contribution in [3.05, 3.63) is 71.8 Å². The number of hydrazone groups is 1. The van der Waals surface area contributed by atoms with Crippen molar-refractivity contribution in [2.45, 2.75) is 6.18 Å². The number of benzene rings is 3. The summed E-state index contributed by atoms with van der Waals surface area (Å²) in [5.41, 5.74) is 2.46. The zero-order valence-corrected chi connectivity index (χ0v) is 15.5. The Morgan fingerprint density at radius 1 is 1.10 bits per heavy atom. The molecular weight excluding hydrogens is 383 g/mol. The highest BCUT2D eigenvalue weighted by Gasteiger charge is 2.30. The summed E-state index contributed by atoms with van der Waals surface area (Å²) in [6, 6.07) is 16.0. The summed E-state index contributed by atoms with van der Waals surface area (Å²) < 4.78 is 43.5. The first kappa shape index (κ1) is 20.2. The molecule has 2 N–H and O–H groups in total. The summed E-state index contributed by atoms with van der Waals surface area (Å²) >= 11 is 0. The minimum atomic E-state index is -4.44. The number of anilines is 1. The molecule has 5 nitrogen and oxygen atoms in total. The zero-order valence-electron chi connectivity index (χ0n) is 15.5. The molecule has 8 heteroatoms. The molecule has 0 atom stereocenters. The topological polar surface area (TPSA) is 62.7 Å². The van der Waals surface area contributed by atoms with Crippen molar-refractivity contribution in [1.29, 1.82) is 0 Å². The number of hydrogen-bond donors (Lipinski definition) is 2. The fourth-order valence-corrected chi connectivity index (χ4v) is 2.78. The van der Waals surface area contributed by atoms with E-state index < -0.39 is 17.6 Å². The van der Waals surface area contributed by atoms with Crippen LogP contribution in [0.15, 0.2) is 65.8 Å². The van der Waals surface area contributed by atoms with E-state index in [0.717, 1.165) is 22.9 Å². The molecule has 0 heterocycles. The van der Waals surface area contributed by atoms with Gasteiger partial charge in [-0.1, -0.05) is 36.4 Å². The van der Waals surface area contributed by atoms with Gasteiger partial charge in [0.25, 0.3) is 5.91 Å². The molecule has 0 spiro atoms. The molecule has 0 saturated heterocycles. The minimum Gasteiger partial charge on any atom is -0.496 e. The third kappa shape index (κ3) is 5.04. The van der Waals surface area contributed by atoms with E-state index in [0.29, 0.717) is 11.3 Å². The smallest absolute Gasteiger partial charge is 0.416 e. The Morgan fingerprint density at radius 2 is 1.90 bits per heavy atom. The molecule has 3 rings (SSSR count). The molecule has 0 aliphatic rings. The lowest BCUT2D eigenvalue weighted by molar-refractivity contribution is -0.137. The van der Waals surface area contributed by atoms with Crippen molar-refractivity contribution in [1.82, 2.24) is 5.43 Å². The zero-order chi connectivity index (χ0) is 20.9. The summed E-state index contributed by atoms with van der Waals surface area (Å²) in [7, 11) is 1.54. The molecule has 150 valence electrons. The van der Waals surface area contributed by atoms with E-state index in [1.54, 1.807) is 13.2 Å². The number of carbonyl (C=O) groups is 1. The molecule has 0 aliphatic heterocycles. The van der Waals surface area contributed by atoms with Gasteiger partial charge in [-0.15, -0.1) is 0 Å². The second-order valence-electron chi connectivity index (χ2n) is 6.13. The lowest BCUT2D eigenvalue weighted by Gasteiger charge is -2.10. The van der Waals surface area contributed by atoms with Crippen LogP contribution in [0.3, 0.4) is 0 Å². The quantitative estimate of drug-likeness (QED) is 0.475. The molecule has 1 amide bonds. The van der Waals surface area contributed by atoms with Gasteiger partial charge in [-0.05, 0) is 35.0 Å². The van der Waals surface area contributed by atoms with Gasteiger partial charge in [-0.2, -0.15) is 18.3 Å². The number of halogens is 3. The van der Waals surface area contributed by atoms with Crippen LogP contribution in [0, 0.1) is 0 Å². The van der Waals surface area contributed by atoms with Crippen LogP contribution in [-0.4, -0.2) is 25.8 Å². The molecule has 3 aromatic rings. The number of nitrogens with one attached hydrogen (secondary N) is 2. The molecule has 0 saturated carbocycles. The number of rotatable bonds is 6. The molecular formula is C21H18F3N3O2. The van der Waals surface area contributed by atoms with Gasteiger partial charge in [0.05, 0.1) is 25.4 Å². The van der Waals surface area contributed by atoms with E-state index >= 15 is 0 Å². The summed E-state index contributed by atoms with van der Waals surface area (Å²) in [4.78, 5) is 12.0. The molecule has 0 radical (unpaired) electrons. The van der Waals surface area contributed by atoms with Crippen molar-refractivity contribution < 1.29 is 22.7 Å². The summed E-state index contributed by atoms with van der Waals surface area (Å²) in [5, 5.41) is 8.49. The van der Waals surface area contributed by atoms with Gasteiger partial charge < -0.3 is 10.1 Å². The number of methoxy groups -OCH3 is 1. The number of ether oxygens (including phenoxy) is 1. The van der Waals surface area contributed by atoms with Crippen molar-refractivity contribution in [2.75, 3.05) is 19.0 Å². The van der Waals surface area contributed by atoms with E-state index in [-0.39, 0.29) is 12.2 Å². The van der Waals surface area contributed by atoms with Crippen molar-refractivity contribution in [2.24, 2.45) is 5.10 Å². The van der Waals surface area contributed by atoms with Crippen molar-refractivity contribution in [3.8, 4) is 5.75 Å². The van der Waals surface area contributed by atoms with Crippen LogP contribution >= 0.6 is 0 Å². The molecule has 0 aliphatic carbocycles. The van der Waals surface area contributed by atoms with E-state index in [1.807, 2.05) is 30.3 Å². The van der Waals surface area contributed by atoms with E-state index in [1.165, 1.54) is 18.3 Å². The molecule has 0 bridgehead atoms. The number of hydrogen-bond acceptors (Lipinski definition) is 4. The van der Waals surface area contributed by atoms with Crippen LogP contribution in [0.1, 0.15) is 11.1 Å². The standard InChI is InChI=1S/C21H18F3N3O2/c1-29-19-10-9-14-5-2-3-8-17(14)18(19)12-26-27-20(28)13-25-16-7-4-6-15(11-16)21(22,23)24/h2-12,25H,13H2,1H3,(H,27,28)/b26-12+. The van der Waals surface area contributed by atoms with E-state index in [9.17, 15) is 18.0 Å². The minimum absolute atomic E-state index is 0.190. The maximum absolute atomic E-state index is 12.7. The second-order valence-corrected chi connectivity index (χ2v) is 6.13. The Bertz CT molecular complexity index is 1050. The summed E-state index contributed by atoms with van der Waals surface area (Å²) in [6.07, 6.45) is -2.97. The number of amides is 1. The van der Waals surface area contributed by atoms with Gasteiger partial charge in [0.15, 0.2) is 0 Å². The summed E-state index contributed by atoms with van der Waals surface area (Å²) in [6.45, 7) is -0.231. The predicted octanol–water partition coefficient (Wildman–Crippen LogP) is 4.43. The van der Waals surface area contributed by atoms with Crippen LogP contribution in [0.2, 0.25) is 0 Å². The van der Waals surface area contributed by atoms with Crippen molar-refractivity contribution >= 4 is 28.6 Å². The largest absolute Gasteiger partial charge is 0.496 e. The van der Waals surface area contributed by atoms with Gasteiger partial charge in [0, 0.05) is 11.3 Å². The number of carbonyl (C=O) groups excluding carboxylic acids is 1. The lowest BCUT2D eigenvalue weighted by Crippen LogP contribution is -2.26. The Labute approximate surface area is 165 Å². The first-order chi connectivity index (χ1) is 13.9. The highest BCUT2D eigenvalue weighted by atomic mass is 19.4. The average Bonchev–Trinajstić information content (AvgIpc) is 2.72. The number of alkyl halides is 3. The van der Waals surface area contributed by atoms with Crippen LogP contribution in [-0.2, 0) is 11.0 Å². The van der Waals surface area contributed by atoms with Gasteiger partial charge >= 0.3 is 6.18 Å². The van der Waals surface area contributed by atoms with E-state index in [2.05, 4.69) is 15.8 Å². The van der Waals surface area contributed by atoms with Gasteiger partial charge in [0.1, 0.15) is 5.75 Å². The Hall–Kier alpha value is -3.55. The first-order valence-corrected chi connectivity index (χ1v) is 8.67. The fourth-order valence-electron chi connectivity index (χ4n) is 2.78. The Balaban J connectivity index is 1.64. The average molecular weight is 401 g/mol. The highest BCUT2D eigenvalue weighted by molar-refractivity contribution is 6.02. The molecule has 0 aromatic heterocycles. The molecule has 29 heavy (non-hydrogen) atoms. The lowest BCUT2D eigenvalue weighted by atomic mass is 10.0. The third-order valence-corrected chi connectivity index (χ3v) is 4.18. The molecule has 0 unspecified atom stereocenters. The van der Waals surface area contributed by atoms with Crippen molar-refractivity contribution in [3.63, 3.8) is 0 Å². The number of nitrogens with zero attached hydrogens (tertiary/aromatic N) is 1. The number of fused-ring (bicyclic) bond motifs is 1. The van der Waals surface area contributed by atoms with Crippen LogP contribution in [0.25, 0.3) is 10.8 Å². The maximum atomic E-state index is 12.7. The SMILES string of the molecule is COc1ccc2ccccc2c1/C=N/NC(=O)CNc1cccc(C(F)(F)F)c1. The van der Waals surface area contributed by atoms with Gasteiger partial charge in [-0.3, -0.25) is 4.79 Å². The van der Waals surface area contributed by atoms with Crippen LogP contribution in [0.4, 0.5) is 18.9 Å². The fraction of sp³-hybridized carbons (Fsp3) is 0.143. The predicted molar refractivity (Wildman–Crippen MR) is 106 cm³/mol. The molecule has 0 fully saturated rings. The van der Waals surface area contributed by atoms with Gasteiger partial charge in [0.2, 0.25) is 0 Å². The van der Waals surface area contributed by atoms with E-state index in [4.69, 9.17) is 4.74 Å².